The molecule has 4 nitrogen and oxygen atoms in total. The molecule has 0 aliphatic heterocycles. The summed E-state index contributed by atoms with van der Waals surface area (Å²) in [5.41, 5.74) is 0. The van der Waals surface area contributed by atoms with Gasteiger partial charge in [-0.2, -0.15) is 39.2 Å². The minimum absolute atomic E-state index is 0.350. The van der Waals surface area contributed by atoms with E-state index in [2.05, 4.69) is 4.74 Å². The van der Waals surface area contributed by atoms with Gasteiger partial charge < -0.3 is 4.74 Å². The molecule has 0 saturated carbocycles. The van der Waals surface area contributed by atoms with Gasteiger partial charge >= 0.3 is 27.7 Å². The third kappa shape index (κ3) is 3.95. The molecule has 0 aliphatic rings. The lowest BCUT2D eigenvalue weighted by molar-refractivity contribution is -0.377. The lowest BCUT2D eigenvalue weighted by atomic mass is 10.0. The summed E-state index contributed by atoms with van der Waals surface area (Å²) >= 11 is 0. The van der Waals surface area contributed by atoms with Crippen LogP contribution in [0.5, 0.6) is 0 Å². The van der Waals surface area contributed by atoms with Crippen molar-refractivity contribution in [3.63, 3.8) is 0 Å². The van der Waals surface area contributed by atoms with E-state index in [-0.39, 0.29) is 6.42 Å². The van der Waals surface area contributed by atoms with Crippen molar-refractivity contribution >= 4 is 10.1 Å². The van der Waals surface area contributed by atoms with Crippen LogP contribution >= 0.6 is 0 Å². The van der Waals surface area contributed by atoms with Crippen LogP contribution < -0.4 is 0 Å². The van der Waals surface area contributed by atoms with Crippen LogP contribution in [-0.2, 0) is 14.9 Å². The lowest BCUT2D eigenvalue weighted by Crippen LogP contribution is -2.53. The van der Waals surface area contributed by atoms with Crippen molar-refractivity contribution < 1.29 is 48.4 Å². The van der Waals surface area contributed by atoms with E-state index in [0.29, 0.717) is 0 Å². The lowest BCUT2D eigenvalue weighted by Gasteiger charge is -2.31. The van der Waals surface area contributed by atoms with Crippen molar-refractivity contribution in [1.29, 1.82) is 0 Å². The summed E-state index contributed by atoms with van der Waals surface area (Å²) in [6, 6.07) is 0. The summed E-state index contributed by atoms with van der Waals surface area (Å²) < 4.78 is 120. The molecule has 0 bridgehead atoms. The van der Waals surface area contributed by atoms with E-state index in [4.69, 9.17) is 4.55 Å². The molecular formula is C8H11F7O4S. The molecule has 2 atom stereocenters. The number of alkyl halides is 7. The van der Waals surface area contributed by atoms with Gasteiger partial charge in [-0.05, 0) is 5.92 Å². The molecule has 0 aromatic rings. The van der Waals surface area contributed by atoms with Gasteiger partial charge in [-0.25, -0.2) is 0 Å². The van der Waals surface area contributed by atoms with Crippen LogP contribution in [0, 0.1) is 5.92 Å². The number of halogens is 7. The van der Waals surface area contributed by atoms with E-state index < -0.39 is 39.7 Å². The number of hydrogen-bond acceptors (Lipinski definition) is 3. The first kappa shape index (κ1) is 19.4. The molecule has 0 fully saturated rings. The minimum Gasteiger partial charge on any atom is -0.301 e. The highest BCUT2D eigenvalue weighted by molar-refractivity contribution is 7.86. The van der Waals surface area contributed by atoms with Gasteiger partial charge in [-0.1, -0.05) is 20.3 Å². The highest BCUT2D eigenvalue weighted by Crippen LogP contribution is 2.43. The van der Waals surface area contributed by atoms with E-state index in [0.717, 1.165) is 13.8 Å². The zero-order valence-electron chi connectivity index (χ0n) is 10.1. The van der Waals surface area contributed by atoms with Crippen molar-refractivity contribution in [2.24, 2.45) is 5.92 Å². The first-order valence-corrected chi connectivity index (χ1v) is 6.49. The Balaban J connectivity index is 5.53. The van der Waals surface area contributed by atoms with Gasteiger partial charge in [0, 0.05) is 0 Å². The van der Waals surface area contributed by atoms with Gasteiger partial charge in [0.15, 0.2) is 6.10 Å². The van der Waals surface area contributed by atoms with Crippen LogP contribution in [-0.4, -0.2) is 36.6 Å². The maximum absolute atomic E-state index is 13.0. The molecule has 2 unspecified atom stereocenters. The zero-order chi connectivity index (χ0) is 16.6. The first-order chi connectivity index (χ1) is 8.58. The summed E-state index contributed by atoms with van der Waals surface area (Å²) in [5.74, 6) is -1.64. The first-order valence-electron chi connectivity index (χ1n) is 5.05. The van der Waals surface area contributed by atoms with E-state index >= 15 is 0 Å². The molecule has 0 spiro atoms. The van der Waals surface area contributed by atoms with Crippen LogP contribution in [0.15, 0.2) is 0 Å². The fraction of sp³-hybridized carbons (Fsp3) is 1.00. The molecule has 0 aliphatic carbocycles. The molecule has 0 radical (unpaired) electrons. The Morgan fingerprint density at radius 2 is 1.50 bits per heavy atom. The Bertz CT molecular complexity index is 431. The summed E-state index contributed by atoms with van der Waals surface area (Å²) in [6.45, 7) is 1.96. The zero-order valence-corrected chi connectivity index (χ0v) is 10.9. The Hall–Kier alpha value is -0.620. The Morgan fingerprint density at radius 3 is 1.75 bits per heavy atom. The summed E-state index contributed by atoms with van der Waals surface area (Å²) in [7, 11) is -6.66. The Kier molecular flexibility index (Phi) is 5.46. The van der Waals surface area contributed by atoms with Crippen LogP contribution in [0.4, 0.5) is 30.7 Å². The van der Waals surface area contributed by atoms with E-state index in [1.807, 2.05) is 0 Å². The van der Waals surface area contributed by atoms with Crippen molar-refractivity contribution in [1.82, 2.24) is 0 Å². The van der Waals surface area contributed by atoms with Gasteiger partial charge in [-0.3, -0.25) is 4.55 Å². The summed E-state index contributed by atoms with van der Waals surface area (Å²) in [4.78, 5) is 0. The molecule has 0 saturated heterocycles. The summed E-state index contributed by atoms with van der Waals surface area (Å²) in [6.07, 6.45) is -15.1. The van der Waals surface area contributed by atoms with Crippen LogP contribution in [0.1, 0.15) is 20.3 Å². The van der Waals surface area contributed by atoms with Crippen LogP contribution in [0.3, 0.4) is 0 Å². The molecule has 0 rings (SSSR count). The Labute approximate surface area is 109 Å². The van der Waals surface area contributed by atoms with E-state index in [9.17, 15) is 39.2 Å². The van der Waals surface area contributed by atoms with Crippen LogP contribution in [0.2, 0.25) is 0 Å². The van der Waals surface area contributed by atoms with Crippen molar-refractivity contribution in [2.75, 3.05) is 0 Å². The maximum Gasteiger partial charge on any atom is 0.459 e. The fourth-order valence-corrected chi connectivity index (χ4v) is 1.45. The van der Waals surface area contributed by atoms with E-state index in [1.165, 1.54) is 0 Å². The topological polar surface area (TPSA) is 63.6 Å². The normalized spacial score (nSPS) is 17.9. The minimum atomic E-state index is -6.66. The number of rotatable bonds is 6. The number of hydrogen-bond donors (Lipinski definition) is 1. The standard InChI is InChI=1S/C8H11F7O4S/c1-3-4(2)5(6(9,10)11)19-7(12,13)8(14,15)20(16,17)18/h4-5H,3H2,1-2H3,(H,16,17,18). The second kappa shape index (κ2) is 5.64. The van der Waals surface area contributed by atoms with Gasteiger partial charge in [0.2, 0.25) is 0 Å². The predicted molar refractivity (Wildman–Crippen MR) is 51.8 cm³/mol. The molecule has 0 aromatic carbocycles. The SMILES string of the molecule is CCC(C)C(OC(F)(F)C(F)(F)S(=O)(=O)O)C(F)(F)F. The second-order valence-corrected chi connectivity index (χ2v) is 5.44. The molecule has 20 heavy (non-hydrogen) atoms. The second-order valence-electron chi connectivity index (χ2n) is 3.97. The van der Waals surface area contributed by atoms with Crippen molar-refractivity contribution in [3.8, 4) is 0 Å². The van der Waals surface area contributed by atoms with Gasteiger partial charge in [-0.15, -0.1) is 0 Å². The highest BCUT2D eigenvalue weighted by Gasteiger charge is 2.69. The van der Waals surface area contributed by atoms with Gasteiger partial charge in [0.1, 0.15) is 0 Å². The number of ether oxygens (including phenoxy) is 1. The quantitative estimate of drug-likeness (QED) is 0.598. The molecule has 0 aromatic heterocycles. The van der Waals surface area contributed by atoms with Gasteiger partial charge in [0.05, 0.1) is 0 Å². The summed E-state index contributed by atoms with van der Waals surface area (Å²) in [5, 5.41) is -6.21. The van der Waals surface area contributed by atoms with Crippen LogP contribution in [0.25, 0.3) is 0 Å². The molecule has 0 heterocycles. The molecule has 122 valence electrons. The average Bonchev–Trinajstić information content (AvgIpc) is 2.21. The molecule has 12 heteroatoms. The monoisotopic (exact) mass is 336 g/mol. The smallest absolute Gasteiger partial charge is 0.301 e. The molecule has 1 N–H and O–H groups in total. The maximum atomic E-state index is 13.0. The molecule has 0 amide bonds. The highest BCUT2D eigenvalue weighted by atomic mass is 32.2. The van der Waals surface area contributed by atoms with Gasteiger partial charge in [0.25, 0.3) is 0 Å². The predicted octanol–water partition coefficient (Wildman–Crippen LogP) is 3.05. The third-order valence-corrected chi connectivity index (χ3v) is 3.31. The third-order valence-electron chi connectivity index (χ3n) is 2.42. The average molecular weight is 336 g/mol. The molecular weight excluding hydrogens is 325 g/mol. The largest absolute Gasteiger partial charge is 0.459 e. The fourth-order valence-electron chi connectivity index (χ4n) is 1.10. The van der Waals surface area contributed by atoms with E-state index in [1.54, 1.807) is 0 Å². The Morgan fingerprint density at radius 1 is 1.10 bits per heavy atom. The van der Waals surface area contributed by atoms with Crippen molar-refractivity contribution in [3.05, 3.63) is 0 Å². The van der Waals surface area contributed by atoms with Crippen molar-refractivity contribution in [2.45, 2.75) is 43.9 Å².